The van der Waals surface area contributed by atoms with Crippen LogP contribution in [0.25, 0.3) is 11.0 Å². The first kappa shape index (κ1) is 26.6. The predicted molar refractivity (Wildman–Crippen MR) is 140 cm³/mol. The van der Waals surface area contributed by atoms with Gasteiger partial charge in [-0.1, -0.05) is 11.1 Å². The summed E-state index contributed by atoms with van der Waals surface area (Å²) in [7, 11) is -1.17. The second-order valence-corrected chi connectivity index (χ2v) is 10.1. The molecule has 11 nitrogen and oxygen atoms in total. The standard InChI is InChI=1S/C26H27N5O6S/c1-6-7-24(32)27-12-19-13-28-31(15-19)14-18-10-21(36-5)25-22(11-18)37-29-26(25)30-38(33,34)23-9-17(3)16(2)8-20(23)35-4/h8-11,13,15H,12,14H2,1-5H3,(H,27,32)(H,29,30). The van der Waals surface area contributed by atoms with Crippen LogP contribution in [0.4, 0.5) is 5.82 Å². The van der Waals surface area contributed by atoms with E-state index in [1.54, 1.807) is 48.3 Å². The maximum absolute atomic E-state index is 13.3. The first-order valence-corrected chi connectivity index (χ1v) is 13.0. The Morgan fingerprint density at radius 3 is 2.53 bits per heavy atom. The Balaban J connectivity index is 1.59. The maximum atomic E-state index is 13.3. The summed E-state index contributed by atoms with van der Waals surface area (Å²) < 4.78 is 47.1. The van der Waals surface area contributed by atoms with Crippen molar-refractivity contribution in [2.24, 2.45) is 0 Å². The molecule has 0 aliphatic heterocycles. The summed E-state index contributed by atoms with van der Waals surface area (Å²) in [6, 6.07) is 6.72. The van der Waals surface area contributed by atoms with Gasteiger partial charge in [-0.05, 0) is 67.6 Å². The number of sulfonamides is 1. The van der Waals surface area contributed by atoms with Gasteiger partial charge in [0.2, 0.25) is 0 Å². The van der Waals surface area contributed by atoms with Crippen molar-refractivity contribution >= 4 is 32.7 Å². The van der Waals surface area contributed by atoms with Gasteiger partial charge in [-0.25, -0.2) is 8.42 Å². The normalized spacial score (nSPS) is 11.1. The van der Waals surface area contributed by atoms with Crippen LogP contribution in [0.15, 0.2) is 46.1 Å². The molecule has 1 amide bonds. The van der Waals surface area contributed by atoms with Crippen LogP contribution in [0.5, 0.6) is 11.5 Å². The van der Waals surface area contributed by atoms with Crippen molar-refractivity contribution in [3.63, 3.8) is 0 Å². The Morgan fingerprint density at radius 1 is 1.08 bits per heavy atom. The lowest BCUT2D eigenvalue weighted by Gasteiger charge is -2.13. The molecule has 4 aromatic rings. The van der Waals surface area contributed by atoms with Crippen molar-refractivity contribution in [1.29, 1.82) is 0 Å². The van der Waals surface area contributed by atoms with E-state index in [4.69, 9.17) is 14.0 Å². The molecule has 0 fully saturated rings. The zero-order chi connectivity index (χ0) is 27.4. The number of benzene rings is 2. The number of fused-ring (bicyclic) bond motifs is 1. The SMILES string of the molecule is CC#CC(=O)NCc1cnn(Cc2cc(OC)c3c(NS(=O)(=O)c4cc(C)c(C)cc4OC)noc3c2)c1. The van der Waals surface area contributed by atoms with Crippen LogP contribution < -0.4 is 19.5 Å². The fourth-order valence-corrected chi connectivity index (χ4v) is 5.08. The van der Waals surface area contributed by atoms with E-state index in [-0.39, 0.29) is 22.4 Å². The number of carbonyl (C=O) groups is 1. The third kappa shape index (κ3) is 5.57. The van der Waals surface area contributed by atoms with Crippen LogP contribution in [0.1, 0.15) is 29.2 Å². The molecule has 0 aliphatic carbocycles. The number of aromatic nitrogens is 3. The minimum atomic E-state index is -4.06. The molecule has 0 saturated carbocycles. The lowest BCUT2D eigenvalue weighted by atomic mass is 10.1. The van der Waals surface area contributed by atoms with Crippen molar-refractivity contribution in [3.05, 3.63) is 58.9 Å². The highest BCUT2D eigenvalue weighted by atomic mass is 32.2. The summed E-state index contributed by atoms with van der Waals surface area (Å²) in [4.78, 5) is 11.5. The number of ether oxygens (including phenoxy) is 2. The molecule has 0 saturated heterocycles. The number of nitrogens with zero attached hydrogens (tertiary/aromatic N) is 3. The Kier molecular flexibility index (Phi) is 7.59. The van der Waals surface area contributed by atoms with Crippen molar-refractivity contribution in [3.8, 4) is 23.3 Å². The van der Waals surface area contributed by atoms with Crippen molar-refractivity contribution in [1.82, 2.24) is 20.3 Å². The van der Waals surface area contributed by atoms with Crippen LogP contribution in [-0.4, -0.2) is 43.5 Å². The van der Waals surface area contributed by atoms with Crippen LogP contribution in [0.2, 0.25) is 0 Å². The van der Waals surface area contributed by atoms with Crippen molar-refractivity contribution in [2.45, 2.75) is 38.8 Å². The van der Waals surface area contributed by atoms with Gasteiger partial charge < -0.3 is 19.3 Å². The molecule has 2 aromatic heterocycles. The number of hydrogen-bond donors (Lipinski definition) is 2. The third-order valence-electron chi connectivity index (χ3n) is 5.84. The van der Waals surface area contributed by atoms with Gasteiger partial charge >= 0.3 is 0 Å². The molecule has 0 bridgehead atoms. The van der Waals surface area contributed by atoms with Gasteiger partial charge in [0.05, 0.1) is 27.0 Å². The van der Waals surface area contributed by atoms with E-state index in [2.05, 4.69) is 32.1 Å². The highest BCUT2D eigenvalue weighted by Crippen LogP contribution is 2.36. The van der Waals surface area contributed by atoms with E-state index in [0.29, 0.717) is 29.8 Å². The van der Waals surface area contributed by atoms with E-state index < -0.39 is 10.0 Å². The molecule has 0 spiro atoms. The number of methoxy groups -OCH3 is 2. The van der Waals surface area contributed by atoms with E-state index >= 15 is 0 Å². The molecule has 0 unspecified atom stereocenters. The minimum Gasteiger partial charge on any atom is -0.496 e. The largest absolute Gasteiger partial charge is 0.496 e. The van der Waals surface area contributed by atoms with E-state index in [9.17, 15) is 13.2 Å². The fraction of sp³-hybridized carbons (Fsp3) is 0.269. The lowest BCUT2D eigenvalue weighted by Crippen LogP contribution is -2.20. The highest BCUT2D eigenvalue weighted by Gasteiger charge is 2.25. The third-order valence-corrected chi connectivity index (χ3v) is 7.20. The quantitative estimate of drug-likeness (QED) is 0.311. The Hall–Kier alpha value is -4.50. The molecular formula is C26H27N5O6S. The molecule has 2 heterocycles. The first-order chi connectivity index (χ1) is 18.1. The van der Waals surface area contributed by atoms with Gasteiger partial charge in [0, 0.05) is 18.3 Å². The molecule has 0 radical (unpaired) electrons. The van der Waals surface area contributed by atoms with E-state index in [1.165, 1.54) is 14.2 Å². The highest BCUT2D eigenvalue weighted by molar-refractivity contribution is 7.92. The number of hydrogen-bond acceptors (Lipinski definition) is 8. The lowest BCUT2D eigenvalue weighted by molar-refractivity contribution is -0.115. The number of aryl methyl sites for hydroxylation is 2. The maximum Gasteiger partial charge on any atom is 0.296 e. The minimum absolute atomic E-state index is 0.00373. The zero-order valence-corrected chi connectivity index (χ0v) is 22.4. The topological polar surface area (TPSA) is 138 Å². The molecule has 0 aliphatic rings. The molecule has 2 aromatic carbocycles. The molecule has 2 N–H and O–H groups in total. The van der Waals surface area contributed by atoms with Crippen LogP contribution in [0, 0.1) is 25.7 Å². The first-order valence-electron chi connectivity index (χ1n) is 11.5. The fourth-order valence-electron chi connectivity index (χ4n) is 3.84. The van der Waals surface area contributed by atoms with Crippen molar-refractivity contribution < 1.29 is 27.2 Å². The molecule has 38 heavy (non-hydrogen) atoms. The average Bonchev–Trinajstić information content (AvgIpc) is 3.50. The van der Waals surface area contributed by atoms with Gasteiger partial charge in [-0.3, -0.25) is 14.2 Å². The van der Waals surface area contributed by atoms with Gasteiger partial charge in [-0.2, -0.15) is 5.10 Å². The summed E-state index contributed by atoms with van der Waals surface area (Å²) in [5.74, 6) is 5.20. The summed E-state index contributed by atoms with van der Waals surface area (Å²) >= 11 is 0. The smallest absolute Gasteiger partial charge is 0.296 e. The molecular weight excluding hydrogens is 510 g/mol. The second-order valence-electron chi connectivity index (χ2n) is 8.50. The van der Waals surface area contributed by atoms with Crippen LogP contribution in [0.3, 0.4) is 0 Å². The van der Waals surface area contributed by atoms with Crippen LogP contribution in [-0.2, 0) is 27.9 Å². The Labute approximate surface area is 220 Å². The average molecular weight is 538 g/mol. The molecule has 198 valence electrons. The van der Waals surface area contributed by atoms with Crippen LogP contribution >= 0.6 is 0 Å². The second kappa shape index (κ2) is 10.9. The zero-order valence-electron chi connectivity index (χ0n) is 21.6. The monoisotopic (exact) mass is 537 g/mol. The Morgan fingerprint density at radius 2 is 1.82 bits per heavy atom. The summed E-state index contributed by atoms with van der Waals surface area (Å²) in [5.41, 5.74) is 3.63. The van der Waals surface area contributed by atoms with Crippen molar-refractivity contribution in [2.75, 3.05) is 18.9 Å². The van der Waals surface area contributed by atoms with Gasteiger partial charge in [0.15, 0.2) is 11.4 Å². The van der Waals surface area contributed by atoms with E-state index in [1.807, 2.05) is 13.8 Å². The number of nitrogens with one attached hydrogen (secondary N) is 2. The summed E-state index contributed by atoms with van der Waals surface area (Å²) in [6.45, 7) is 5.96. The molecule has 0 atom stereocenters. The summed E-state index contributed by atoms with van der Waals surface area (Å²) in [6.07, 6.45) is 3.45. The van der Waals surface area contributed by atoms with Gasteiger partial charge in [0.1, 0.15) is 21.8 Å². The van der Waals surface area contributed by atoms with Gasteiger partial charge in [-0.15, -0.1) is 0 Å². The summed E-state index contributed by atoms with van der Waals surface area (Å²) in [5, 5.41) is 11.4. The molecule has 4 rings (SSSR count). The number of anilines is 1. The number of amides is 1. The molecule has 12 heteroatoms. The number of carbonyl (C=O) groups excluding carboxylic acids is 1. The Bertz CT molecular complexity index is 1680. The van der Waals surface area contributed by atoms with Gasteiger partial charge in [0.25, 0.3) is 15.9 Å². The van der Waals surface area contributed by atoms with E-state index in [0.717, 1.165) is 22.3 Å². The predicted octanol–water partition coefficient (Wildman–Crippen LogP) is 3.15. The number of rotatable bonds is 9.